The van der Waals surface area contributed by atoms with E-state index in [4.69, 9.17) is 0 Å². The van der Waals surface area contributed by atoms with Crippen LogP contribution in [0.5, 0.6) is 0 Å². The molecule has 0 aliphatic carbocycles. The van der Waals surface area contributed by atoms with Gasteiger partial charge in [0.05, 0.1) is 12.7 Å². The minimum atomic E-state index is 0.837. The first-order chi connectivity index (χ1) is 7.78. The van der Waals surface area contributed by atoms with E-state index in [-0.39, 0.29) is 0 Å². The Morgan fingerprint density at radius 3 is 3.06 bits per heavy atom. The molecule has 1 aromatic heterocycles. The predicted octanol–water partition coefficient (Wildman–Crippen LogP) is 0.733. The SMILES string of the molecule is CNCC1CCN(CCn2cc(C)cn2)C1. The van der Waals surface area contributed by atoms with Crippen LogP contribution in [0.15, 0.2) is 12.4 Å². The van der Waals surface area contributed by atoms with Crippen LogP contribution in [0, 0.1) is 12.8 Å². The highest BCUT2D eigenvalue weighted by Crippen LogP contribution is 2.14. The number of nitrogens with one attached hydrogen (secondary N) is 1. The summed E-state index contributed by atoms with van der Waals surface area (Å²) in [6.07, 6.45) is 5.37. The first kappa shape index (κ1) is 11.6. The van der Waals surface area contributed by atoms with Gasteiger partial charge in [-0.3, -0.25) is 4.68 Å². The average Bonchev–Trinajstić information content (AvgIpc) is 2.85. The van der Waals surface area contributed by atoms with Gasteiger partial charge < -0.3 is 10.2 Å². The minimum absolute atomic E-state index is 0.837. The van der Waals surface area contributed by atoms with Gasteiger partial charge in [-0.25, -0.2) is 0 Å². The fraction of sp³-hybridized carbons (Fsp3) is 0.750. The van der Waals surface area contributed by atoms with Crippen molar-refractivity contribution in [3.63, 3.8) is 0 Å². The lowest BCUT2D eigenvalue weighted by atomic mass is 10.1. The molecular formula is C12H22N4. The van der Waals surface area contributed by atoms with Gasteiger partial charge in [-0.15, -0.1) is 0 Å². The van der Waals surface area contributed by atoms with E-state index >= 15 is 0 Å². The topological polar surface area (TPSA) is 33.1 Å². The standard InChI is InChI=1S/C12H22N4/c1-11-7-14-16(9-11)6-5-15-4-3-12(10-15)8-13-2/h7,9,12-13H,3-6,8,10H2,1-2H3. The van der Waals surface area contributed by atoms with Crippen molar-refractivity contribution in [3.8, 4) is 0 Å². The molecule has 0 spiro atoms. The molecule has 0 amide bonds. The van der Waals surface area contributed by atoms with E-state index < -0.39 is 0 Å². The van der Waals surface area contributed by atoms with Gasteiger partial charge in [0, 0.05) is 19.3 Å². The highest BCUT2D eigenvalue weighted by atomic mass is 15.3. The third-order valence-electron chi connectivity index (χ3n) is 3.27. The maximum absolute atomic E-state index is 4.31. The number of aromatic nitrogens is 2. The smallest absolute Gasteiger partial charge is 0.0536 e. The molecule has 0 bridgehead atoms. The van der Waals surface area contributed by atoms with E-state index in [0.29, 0.717) is 0 Å². The number of hydrogen-bond acceptors (Lipinski definition) is 3. The van der Waals surface area contributed by atoms with Crippen molar-refractivity contribution in [2.45, 2.75) is 19.9 Å². The summed E-state index contributed by atoms with van der Waals surface area (Å²) in [5, 5.41) is 7.57. The molecule has 1 aliphatic heterocycles. The van der Waals surface area contributed by atoms with E-state index in [9.17, 15) is 0 Å². The van der Waals surface area contributed by atoms with Crippen molar-refractivity contribution < 1.29 is 0 Å². The molecule has 0 radical (unpaired) electrons. The van der Waals surface area contributed by atoms with Gasteiger partial charge in [-0.1, -0.05) is 0 Å². The van der Waals surface area contributed by atoms with Gasteiger partial charge >= 0.3 is 0 Å². The molecule has 1 fully saturated rings. The number of nitrogens with zero attached hydrogens (tertiary/aromatic N) is 3. The second kappa shape index (κ2) is 5.46. The second-order valence-electron chi connectivity index (χ2n) is 4.79. The molecule has 1 saturated heterocycles. The zero-order valence-corrected chi connectivity index (χ0v) is 10.3. The number of hydrogen-bond donors (Lipinski definition) is 1. The fourth-order valence-corrected chi connectivity index (χ4v) is 2.40. The molecule has 0 aromatic carbocycles. The van der Waals surface area contributed by atoms with E-state index in [1.165, 1.54) is 25.1 Å². The van der Waals surface area contributed by atoms with Crippen LogP contribution in [0.2, 0.25) is 0 Å². The van der Waals surface area contributed by atoms with Gasteiger partial charge in [-0.2, -0.15) is 5.10 Å². The normalized spacial score (nSPS) is 21.8. The molecule has 1 N–H and O–H groups in total. The van der Waals surface area contributed by atoms with Crippen LogP contribution < -0.4 is 5.32 Å². The lowest BCUT2D eigenvalue weighted by Crippen LogP contribution is -2.27. The van der Waals surface area contributed by atoms with E-state index in [1.54, 1.807) is 0 Å². The van der Waals surface area contributed by atoms with Gasteiger partial charge in [0.2, 0.25) is 0 Å². The number of aryl methyl sites for hydroxylation is 1. The highest BCUT2D eigenvalue weighted by molar-refractivity contribution is 4.99. The van der Waals surface area contributed by atoms with Crippen molar-refractivity contribution >= 4 is 0 Å². The lowest BCUT2D eigenvalue weighted by molar-refractivity contribution is 0.302. The Morgan fingerprint density at radius 2 is 2.38 bits per heavy atom. The predicted molar refractivity (Wildman–Crippen MR) is 65.4 cm³/mol. The molecule has 2 rings (SSSR count). The minimum Gasteiger partial charge on any atom is -0.319 e. The van der Waals surface area contributed by atoms with E-state index in [1.807, 2.05) is 17.9 Å². The summed E-state index contributed by atoms with van der Waals surface area (Å²) in [6.45, 7) is 7.86. The summed E-state index contributed by atoms with van der Waals surface area (Å²) in [5.74, 6) is 0.837. The van der Waals surface area contributed by atoms with Gasteiger partial charge in [-0.05, 0) is 45.0 Å². The van der Waals surface area contributed by atoms with Gasteiger partial charge in [0.25, 0.3) is 0 Å². The summed E-state index contributed by atoms with van der Waals surface area (Å²) in [6, 6.07) is 0. The molecule has 1 aromatic rings. The molecule has 1 aliphatic rings. The number of rotatable bonds is 5. The molecule has 1 atom stereocenters. The molecule has 90 valence electrons. The summed E-state index contributed by atoms with van der Waals surface area (Å²) in [4.78, 5) is 2.54. The Balaban J connectivity index is 1.71. The molecule has 2 heterocycles. The van der Waals surface area contributed by atoms with Crippen molar-refractivity contribution in [3.05, 3.63) is 18.0 Å². The first-order valence-corrected chi connectivity index (χ1v) is 6.14. The molecule has 16 heavy (non-hydrogen) atoms. The summed E-state index contributed by atoms with van der Waals surface area (Å²) in [5.41, 5.74) is 1.24. The quantitative estimate of drug-likeness (QED) is 0.797. The van der Waals surface area contributed by atoms with Gasteiger partial charge in [0.15, 0.2) is 0 Å². The molecular weight excluding hydrogens is 200 g/mol. The zero-order valence-electron chi connectivity index (χ0n) is 10.3. The highest BCUT2D eigenvalue weighted by Gasteiger charge is 2.21. The van der Waals surface area contributed by atoms with E-state index in [2.05, 4.69) is 28.4 Å². The van der Waals surface area contributed by atoms with Crippen LogP contribution in [-0.4, -0.2) is 47.9 Å². The Hall–Kier alpha value is -0.870. The van der Waals surface area contributed by atoms with Crippen LogP contribution >= 0.6 is 0 Å². The Morgan fingerprint density at radius 1 is 1.50 bits per heavy atom. The maximum Gasteiger partial charge on any atom is 0.0536 e. The average molecular weight is 222 g/mol. The maximum atomic E-state index is 4.31. The van der Waals surface area contributed by atoms with E-state index in [0.717, 1.165) is 25.6 Å². The lowest BCUT2D eigenvalue weighted by Gasteiger charge is -2.15. The third kappa shape index (κ3) is 3.06. The molecule has 1 unspecified atom stereocenters. The molecule has 4 heteroatoms. The third-order valence-corrected chi connectivity index (χ3v) is 3.27. The van der Waals surface area contributed by atoms with Crippen molar-refractivity contribution in [1.29, 1.82) is 0 Å². The van der Waals surface area contributed by atoms with Crippen LogP contribution in [0.1, 0.15) is 12.0 Å². The number of likely N-dealkylation sites (tertiary alicyclic amines) is 1. The van der Waals surface area contributed by atoms with Crippen LogP contribution in [0.4, 0.5) is 0 Å². The second-order valence-corrected chi connectivity index (χ2v) is 4.79. The van der Waals surface area contributed by atoms with Crippen LogP contribution in [-0.2, 0) is 6.54 Å². The largest absolute Gasteiger partial charge is 0.319 e. The molecule has 4 nitrogen and oxygen atoms in total. The van der Waals surface area contributed by atoms with Crippen molar-refractivity contribution in [2.24, 2.45) is 5.92 Å². The van der Waals surface area contributed by atoms with Crippen LogP contribution in [0.3, 0.4) is 0 Å². The van der Waals surface area contributed by atoms with Crippen molar-refractivity contribution in [2.75, 3.05) is 33.2 Å². The molecule has 0 saturated carbocycles. The monoisotopic (exact) mass is 222 g/mol. The summed E-state index contributed by atoms with van der Waals surface area (Å²) in [7, 11) is 2.04. The van der Waals surface area contributed by atoms with Crippen LogP contribution in [0.25, 0.3) is 0 Å². The van der Waals surface area contributed by atoms with Crippen molar-refractivity contribution in [1.82, 2.24) is 20.0 Å². The van der Waals surface area contributed by atoms with Gasteiger partial charge in [0.1, 0.15) is 0 Å². The Bertz CT molecular complexity index is 321. The summed E-state index contributed by atoms with van der Waals surface area (Å²) >= 11 is 0. The Labute approximate surface area is 97.6 Å². The first-order valence-electron chi connectivity index (χ1n) is 6.14. The fourth-order valence-electron chi connectivity index (χ4n) is 2.40. The Kier molecular flexibility index (Phi) is 3.96. The zero-order chi connectivity index (χ0) is 11.4. The summed E-state index contributed by atoms with van der Waals surface area (Å²) < 4.78 is 2.04.